The molecule has 2 N–H and O–H groups in total. The molecule has 0 unspecified atom stereocenters. The summed E-state index contributed by atoms with van der Waals surface area (Å²) in [5.41, 5.74) is 7.49. The second-order valence-electron chi connectivity index (χ2n) is 4.78. The maximum Gasteiger partial charge on any atom is 0.153 e. The van der Waals surface area contributed by atoms with Crippen LogP contribution in [0.25, 0.3) is 10.9 Å². The van der Waals surface area contributed by atoms with E-state index in [4.69, 9.17) is 10.5 Å². The molecule has 0 amide bonds. The summed E-state index contributed by atoms with van der Waals surface area (Å²) in [6.07, 6.45) is 5.49. The monoisotopic (exact) mass is 306 g/mol. The van der Waals surface area contributed by atoms with Gasteiger partial charge in [-0.1, -0.05) is 28.8 Å². The lowest BCUT2D eigenvalue weighted by Gasteiger charge is -2.11. The number of fused-ring (bicyclic) bond motifs is 1. The van der Waals surface area contributed by atoms with Gasteiger partial charge in [-0.2, -0.15) is 0 Å². The minimum Gasteiger partial charge on any atom is -0.491 e. The molecule has 0 atom stereocenters. The predicted octanol–water partition coefficient (Wildman–Crippen LogP) is 3.76. The number of anilines is 1. The van der Waals surface area contributed by atoms with Crippen LogP contribution in [-0.2, 0) is 0 Å². The lowest BCUT2D eigenvalue weighted by molar-refractivity contribution is 0.307. The van der Waals surface area contributed by atoms with Crippen molar-refractivity contribution in [2.75, 3.05) is 12.3 Å². The molecule has 3 nitrogen and oxygen atoms in total. The van der Waals surface area contributed by atoms with Crippen molar-refractivity contribution >= 4 is 32.5 Å². The van der Waals surface area contributed by atoms with E-state index in [9.17, 15) is 0 Å². The molecule has 0 bridgehead atoms. The van der Waals surface area contributed by atoms with Crippen LogP contribution >= 0.6 is 15.9 Å². The van der Waals surface area contributed by atoms with Gasteiger partial charge in [-0.15, -0.1) is 0 Å². The Labute approximate surface area is 114 Å². The van der Waals surface area contributed by atoms with E-state index in [0.29, 0.717) is 5.69 Å². The van der Waals surface area contributed by atoms with Crippen LogP contribution in [0.4, 0.5) is 5.69 Å². The number of nitrogens with two attached hydrogens (primary N) is 1. The van der Waals surface area contributed by atoms with Crippen LogP contribution in [0.1, 0.15) is 19.3 Å². The van der Waals surface area contributed by atoms with Gasteiger partial charge in [0.15, 0.2) is 5.75 Å². The third-order valence-electron chi connectivity index (χ3n) is 3.28. The van der Waals surface area contributed by atoms with Gasteiger partial charge in [-0.25, -0.2) is 0 Å². The van der Waals surface area contributed by atoms with E-state index < -0.39 is 0 Å². The van der Waals surface area contributed by atoms with Crippen molar-refractivity contribution in [3.05, 3.63) is 28.9 Å². The maximum atomic E-state index is 5.97. The molecule has 1 aliphatic carbocycles. The molecule has 2 aromatic rings. The number of ether oxygens (including phenoxy) is 1. The number of rotatable bonds is 4. The Balaban J connectivity index is 1.91. The summed E-state index contributed by atoms with van der Waals surface area (Å²) in [5.74, 6) is 1.63. The Morgan fingerprint density at radius 3 is 3.00 bits per heavy atom. The lowest BCUT2D eigenvalue weighted by Crippen LogP contribution is -2.02. The lowest BCUT2D eigenvalue weighted by atomic mass is 10.2. The fourth-order valence-corrected chi connectivity index (χ4v) is 2.41. The number of halogens is 1. The highest BCUT2D eigenvalue weighted by atomic mass is 79.9. The Morgan fingerprint density at radius 1 is 1.39 bits per heavy atom. The number of hydrogen-bond acceptors (Lipinski definition) is 3. The van der Waals surface area contributed by atoms with Crippen LogP contribution in [0.5, 0.6) is 5.75 Å². The highest BCUT2D eigenvalue weighted by Gasteiger charge is 2.21. The minimum atomic E-state index is 0.608. The highest BCUT2D eigenvalue weighted by Crippen LogP contribution is 2.35. The molecule has 1 fully saturated rings. The minimum absolute atomic E-state index is 0.608. The van der Waals surface area contributed by atoms with E-state index in [1.165, 1.54) is 12.8 Å². The smallest absolute Gasteiger partial charge is 0.153 e. The second-order valence-corrected chi connectivity index (χ2v) is 5.70. The van der Waals surface area contributed by atoms with Crippen molar-refractivity contribution in [2.24, 2.45) is 5.92 Å². The summed E-state index contributed by atoms with van der Waals surface area (Å²) >= 11 is 3.47. The zero-order valence-electron chi connectivity index (χ0n) is 10.0. The number of benzene rings is 1. The average molecular weight is 307 g/mol. The third-order valence-corrected chi connectivity index (χ3v) is 3.77. The van der Waals surface area contributed by atoms with Gasteiger partial charge in [0.05, 0.1) is 24.0 Å². The molecule has 1 aromatic carbocycles. The molecule has 3 rings (SSSR count). The van der Waals surface area contributed by atoms with E-state index in [2.05, 4.69) is 20.9 Å². The summed E-state index contributed by atoms with van der Waals surface area (Å²) < 4.78 is 6.88. The molecule has 1 saturated carbocycles. The SMILES string of the molecule is Nc1cnc2ccc(Br)cc2c1OCCC1CC1. The molecule has 0 spiro atoms. The summed E-state index contributed by atoms with van der Waals surface area (Å²) in [7, 11) is 0. The Hall–Kier alpha value is -1.29. The molecule has 1 heterocycles. The van der Waals surface area contributed by atoms with Gasteiger partial charge >= 0.3 is 0 Å². The largest absolute Gasteiger partial charge is 0.491 e. The van der Waals surface area contributed by atoms with Crippen LogP contribution in [0, 0.1) is 5.92 Å². The van der Waals surface area contributed by atoms with E-state index >= 15 is 0 Å². The summed E-state index contributed by atoms with van der Waals surface area (Å²) in [4.78, 5) is 4.31. The molecule has 0 aliphatic heterocycles. The summed E-state index contributed by atoms with van der Waals surface area (Å²) in [6, 6.07) is 5.94. The van der Waals surface area contributed by atoms with E-state index in [1.54, 1.807) is 6.20 Å². The zero-order valence-corrected chi connectivity index (χ0v) is 11.6. The fraction of sp³-hybridized carbons (Fsp3) is 0.357. The molecule has 0 radical (unpaired) electrons. The Kier molecular flexibility index (Phi) is 3.12. The number of hydrogen-bond donors (Lipinski definition) is 1. The number of nitrogen functional groups attached to an aromatic ring is 1. The van der Waals surface area contributed by atoms with Crippen LogP contribution in [0.15, 0.2) is 28.9 Å². The molecular formula is C14H15BrN2O. The Bertz CT molecular complexity index is 576. The molecule has 1 aromatic heterocycles. The van der Waals surface area contributed by atoms with Gasteiger partial charge < -0.3 is 10.5 Å². The molecule has 1 aliphatic rings. The van der Waals surface area contributed by atoms with Crippen molar-refractivity contribution in [3.8, 4) is 5.75 Å². The van der Waals surface area contributed by atoms with Gasteiger partial charge in [-0.05, 0) is 30.5 Å². The fourth-order valence-electron chi connectivity index (χ4n) is 2.05. The van der Waals surface area contributed by atoms with Gasteiger partial charge in [0.25, 0.3) is 0 Å². The maximum absolute atomic E-state index is 5.97. The van der Waals surface area contributed by atoms with Crippen molar-refractivity contribution < 1.29 is 4.74 Å². The first-order chi connectivity index (χ1) is 8.74. The van der Waals surface area contributed by atoms with E-state index in [0.717, 1.165) is 40.1 Å². The Morgan fingerprint density at radius 2 is 2.22 bits per heavy atom. The molecule has 94 valence electrons. The molecular weight excluding hydrogens is 292 g/mol. The molecule has 4 heteroatoms. The third kappa shape index (κ3) is 2.43. The number of pyridine rings is 1. The van der Waals surface area contributed by atoms with Crippen LogP contribution < -0.4 is 10.5 Å². The van der Waals surface area contributed by atoms with Crippen molar-refractivity contribution in [1.82, 2.24) is 4.98 Å². The van der Waals surface area contributed by atoms with E-state index in [1.807, 2.05) is 18.2 Å². The highest BCUT2D eigenvalue weighted by molar-refractivity contribution is 9.10. The predicted molar refractivity (Wildman–Crippen MR) is 76.7 cm³/mol. The van der Waals surface area contributed by atoms with Crippen LogP contribution in [0.2, 0.25) is 0 Å². The van der Waals surface area contributed by atoms with Crippen LogP contribution in [-0.4, -0.2) is 11.6 Å². The van der Waals surface area contributed by atoms with Crippen LogP contribution in [0.3, 0.4) is 0 Å². The second kappa shape index (κ2) is 4.76. The standard InChI is InChI=1S/C14H15BrN2O/c15-10-3-4-13-11(7-10)14(12(16)8-17-13)18-6-5-9-1-2-9/h3-4,7-9H,1-2,5-6,16H2. The van der Waals surface area contributed by atoms with Crippen molar-refractivity contribution in [3.63, 3.8) is 0 Å². The first-order valence-corrected chi connectivity index (χ1v) is 7.00. The summed E-state index contributed by atoms with van der Waals surface area (Å²) in [6.45, 7) is 0.737. The van der Waals surface area contributed by atoms with Gasteiger partial charge in [0.2, 0.25) is 0 Å². The zero-order chi connectivity index (χ0) is 12.5. The average Bonchev–Trinajstić information content (AvgIpc) is 3.16. The van der Waals surface area contributed by atoms with Gasteiger partial charge in [0.1, 0.15) is 0 Å². The molecule has 0 saturated heterocycles. The van der Waals surface area contributed by atoms with Crippen molar-refractivity contribution in [2.45, 2.75) is 19.3 Å². The van der Waals surface area contributed by atoms with Gasteiger partial charge in [-0.3, -0.25) is 4.98 Å². The first-order valence-electron chi connectivity index (χ1n) is 6.20. The first kappa shape index (κ1) is 11.8. The van der Waals surface area contributed by atoms with Gasteiger partial charge in [0, 0.05) is 9.86 Å². The normalized spacial score (nSPS) is 14.9. The summed E-state index contributed by atoms with van der Waals surface area (Å²) in [5, 5.41) is 0.972. The van der Waals surface area contributed by atoms with Crippen molar-refractivity contribution in [1.29, 1.82) is 0 Å². The molecule has 18 heavy (non-hydrogen) atoms. The van der Waals surface area contributed by atoms with E-state index in [-0.39, 0.29) is 0 Å². The number of nitrogens with zero attached hydrogens (tertiary/aromatic N) is 1. The number of aromatic nitrogens is 1. The topological polar surface area (TPSA) is 48.1 Å². The quantitative estimate of drug-likeness (QED) is 0.935.